The number of nitrogens with one attached hydrogen (secondary N) is 1. The maximum absolute atomic E-state index is 12.4. The van der Waals surface area contributed by atoms with E-state index in [2.05, 4.69) is 37.9 Å². The summed E-state index contributed by atoms with van der Waals surface area (Å²) in [6.07, 6.45) is 0. The topological polar surface area (TPSA) is 86.8 Å². The Kier molecular flexibility index (Phi) is 6.32. The van der Waals surface area contributed by atoms with E-state index in [-0.39, 0.29) is 22.9 Å². The van der Waals surface area contributed by atoms with Crippen molar-refractivity contribution in [3.63, 3.8) is 0 Å². The van der Waals surface area contributed by atoms with E-state index >= 15 is 0 Å². The van der Waals surface area contributed by atoms with Crippen molar-refractivity contribution in [2.75, 3.05) is 29.7 Å². The normalized spacial score (nSPS) is 19.6. The first-order valence-corrected chi connectivity index (χ1v) is 10.8. The van der Waals surface area contributed by atoms with Crippen LogP contribution in [0.1, 0.15) is 45.0 Å². The van der Waals surface area contributed by atoms with Gasteiger partial charge in [0.05, 0.1) is 17.4 Å². The number of anilines is 1. The number of carbonyl (C=O) groups is 2. The van der Waals surface area contributed by atoms with E-state index in [4.69, 9.17) is 0 Å². The molecule has 0 saturated carbocycles. The van der Waals surface area contributed by atoms with E-state index in [0.717, 1.165) is 17.4 Å². The van der Waals surface area contributed by atoms with Crippen LogP contribution in [0.15, 0.2) is 24.3 Å². The van der Waals surface area contributed by atoms with Crippen molar-refractivity contribution in [1.29, 1.82) is 0 Å². The van der Waals surface area contributed by atoms with Crippen LogP contribution in [-0.2, 0) is 14.8 Å². The first-order valence-electron chi connectivity index (χ1n) is 9.23. The number of likely N-dealkylation sites (N-methyl/N-ethyl adjacent to an activating group) is 1. The zero-order valence-corrected chi connectivity index (χ0v) is 17.5. The van der Waals surface area contributed by atoms with Gasteiger partial charge in [-0.15, -0.1) is 0 Å². The van der Waals surface area contributed by atoms with Crippen LogP contribution in [0.4, 0.5) is 5.69 Å². The van der Waals surface area contributed by atoms with E-state index in [0.29, 0.717) is 12.1 Å². The van der Waals surface area contributed by atoms with Gasteiger partial charge in [0.25, 0.3) is 5.91 Å². The molecule has 0 aliphatic carbocycles. The lowest BCUT2D eigenvalue weighted by Crippen LogP contribution is -2.51. The largest absolute Gasteiger partial charge is 0.350 e. The number of hydrogen-bond donors (Lipinski definition) is 1. The number of rotatable bonds is 7. The number of amides is 2. The number of sulfonamides is 1. The van der Waals surface area contributed by atoms with Crippen molar-refractivity contribution in [3.8, 4) is 0 Å². The molecule has 1 atom stereocenters. The monoisotopic (exact) mass is 395 g/mol. The Hall–Kier alpha value is -1.93. The van der Waals surface area contributed by atoms with Gasteiger partial charge in [0.1, 0.15) is 0 Å². The Morgan fingerprint density at radius 1 is 1.22 bits per heavy atom. The molecule has 1 heterocycles. The van der Waals surface area contributed by atoms with Gasteiger partial charge in [-0.25, -0.2) is 12.7 Å². The molecule has 8 heteroatoms. The summed E-state index contributed by atoms with van der Waals surface area (Å²) >= 11 is 0. The Balaban J connectivity index is 2.09. The van der Waals surface area contributed by atoms with Gasteiger partial charge in [0.2, 0.25) is 15.9 Å². The second kappa shape index (κ2) is 7.98. The minimum absolute atomic E-state index is 0.175. The van der Waals surface area contributed by atoms with Crippen LogP contribution in [0.5, 0.6) is 0 Å². The third-order valence-electron chi connectivity index (χ3n) is 5.03. The second-order valence-corrected chi connectivity index (χ2v) is 9.36. The first kappa shape index (κ1) is 21.4. The fourth-order valence-electron chi connectivity index (χ4n) is 3.43. The summed E-state index contributed by atoms with van der Waals surface area (Å²) in [4.78, 5) is 26.8. The Morgan fingerprint density at radius 3 is 2.22 bits per heavy atom. The van der Waals surface area contributed by atoms with E-state index in [9.17, 15) is 18.0 Å². The van der Waals surface area contributed by atoms with Crippen molar-refractivity contribution in [2.45, 2.75) is 40.2 Å². The summed E-state index contributed by atoms with van der Waals surface area (Å²) in [6, 6.07) is 6.08. The average Bonchev–Trinajstić information content (AvgIpc) is 2.81. The molecule has 0 radical (unpaired) electrons. The third-order valence-corrected chi connectivity index (χ3v) is 6.89. The van der Waals surface area contributed by atoms with Gasteiger partial charge in [0, 0.05) is 17.6 Å². The Bertz CT molecular complexity index is 799. The Labute approximate surface area is 161 Å². The molecule has 150 valence electrons. The molecule has 0 bridgehead atoms. The fraction of sp³-hybridized carbons (Fsp3) is 0.579. The minimum Gasteiger partial charge on any atom is -0.350 e. The third kappa shape index (κ3) is 4.50. The van der Waals surface area contributed by atoms with Gasteiger partial charge in [-0.2, -0.15) is 0 Å². The van der Waals surface area contributed by atoms with Gasteiger partial charge in [-0.3, -0.25) is 14.5 Å². The quantitative estimate of drug-likeness (QED) is 0.761. The molecule has 1 saturated heterocycles. The van der Waals surface area contributed by atoms with Crippen LogP contribution in [-0.4, -0.2) is 56.1 Å². The average molecular weight is 396 g/mol. The maximum atomic E-state index is 12.4. The van der Waals surface area contributed by atoms with Crippen LogP contribution in [0.25, 0.3) is 0 Å². The van der Waals surface area contributed by atoms with Crippen molar-refractivity contribution < 1.29 is 18.0 Å². The summed E-state index contributed by atoms with van der Waals surface area (Å²) < 4.78 is 25.1. The van der Waals surface area contributed by atoms with E-state index in [1.165, 1.54) is 12.1 Å². The molecule has 1 unspecified atom stereocenters. The van der Waals surface area contributed by atoms with Gasteiger partial charge < -0.3 is 5.32 Å². The minimum atomic E-state index is -3.64. The van der Waals surface area contributed by atoms with Gasteiger partial charge >= 0.3 is 0 Å². The molecule has 1 aliphatic heterocycles. The standard InChI is InChI=1S/C19H29N3O4S/c1-6-21(7-2)19(4,5)13-20-17(23)15-8-10-16(11-9-15)22-18(24)14(3)12-27(22,25)26/h8-11,14H,6-7,12-13H2,1-5H3,(H,20,23). The molecule has 1 aliphatic rings. The van der Waals surface area contributed by atoms with Crippen molar-refractivity contribution in [1.82, 2.24) is 10.2 Å². The lowest BCUT2D eigenvalue weighted by Gasteiger charge is -2.37. The lowest BCUT2D eigenvalue weighted by atomic mass is 10.0. The van der Waals surface area contributed by atoms with E-state index in [1.807, 2.05) is 0 Å². The van der Waals surface area contributed by atoms with Crippen LogP contribution in [0, 0.1) is 5.92 Å². The summed E-state index contributed by atoms with van der Waals surface area (Å²) in [5, 5.41) is 2.93. The molecule has 2 amide bonds. The highest BCUT2D eigenvalue weighted by atomic mass is 32.2. The molecule has 7 nitrogen and oxygen atoms in total. The fourth-order valence-corrected chi connectivity index (χ4v) is 5.25. The molecule has 1 fully saturated rings. The zero-order valence-electron chi connectivity index (χ0n) is 16.7. The molecule has 2 rings (SSSR count). The molecule has 27 heavy (non-hydrogen) atoms. The maximum Gasteiger partial charge on any atom is 0.251 e. The van der Waals surface area contributed by atoms with Gasteiger partial charge in [-0.1, -0.05) is 20.8 Å². The highest BCUT2D eigenvalue weighted by molar-refractivity contribution is 7.94. The SMILES string of the molecule is CCN(CC)C(C)(C)CNC(=O)c1ccc(N2C(=O)C(C)CS2(=O)=O)cc1. The predicted octanol–water partition coefficient (Wildman–Crippen LogP) is 1.85. The molecule has 0 spiro atoms. The van der Waals surface area contributed by atoms with Crippen LogP contribution >= 0.6 is 0 Å². The second-order valence-electron chi connectivity index (χ2n) is 7.50. The van der Waals surface area contributed by atoms with Crippen LogP contribution in [0.2, 0.25) is 0 Å². The van der Waals surface area contributed by atoms with Crippen molar-refractivity contribution in [2.24, 2.45) is 5.92 Å². The summed E-state index contributed by atoms with van der Waals surface area (Å²) in [7, 11) is -3.64. The van der Waals surface area contributed by atoms with Crippen molar-refractivity contribution >= 4 is 27.5 Å². The molecule has 0 aromatic heterocycles. The zero-order chi connectivity index (χ0) is 20.4. The van der Waals surface area contributed by atoms with Crippen LogP contribution < -0.4 is 9.62 Å². The first-order chi connectivity index (χ1) is 12.5. The number of benzene rings is 1. The summed E-state index contributed by atoms with van der Waals surface area (Å²) in [6.45, 7) is 12.2. The number of hydrogen-bond acceptors (Lipinski definition) is 5. The highest BCUT2D eigenvalue weighted by Crippen LogP contribution is 2.28. The van der Waals surface area contributed by atoms with E-state index in [1.54, 1.807) is 19.1 Å². The highest BCUT2D eigenvalue weighted by Gasteiger charge is 2.41. The number of nitrogens with zero attached hydrogens (tertiary/aromatic N) is 2. The van der Waals surface area contributed by atoms with E-state index < -0.39 is 21.8 Å². The molecule has 1 aromatic carbocycles. The Morgan fingerprint density at radius 2 is 1.78 bits per heavy atom. The van der Waals surface area contributed by atoms with Gasteiger partial charge in [0.15, 0.2) is 0 Å². The summed E-state index contributed by atoms with van der Waals surface area (Å²) in [5.74, 6) is -1.41. The molecular weight excluding hydrogens is 366 g/mol. The smallest absolute Gasteiger partial charge is 0.251 e. The lowest BCUT2D eigenvalue weighted by molar-refractivity contribution is -0.119. The summed E-state index contributed by atoms with van der Waals surface area (Å²) in [5.41, 5.74) is 0.515. The number of carbonyl (C=O) groups excluding carboxylic acids is 2. The predicted molar refractivity (Wildman–Crippen MR) is 106 cm³/mol. The van der Waals surface area contributed by atoms with Crippen molar-refractivity contribution in [3.05, 3.63) is 29.8 Å². The molecular formula is C19H29N3O4S. The molecule has 1 N–H and O–H groups in total. The van der Waals surface area contributed by atoms with Gasteiger partial charge in [-0.05, 0) is 51.2 Å². The van der Waals surface area contributed by atoms with Crippen LogP contribution in [0.3, 0.4) is 0 Å². The molecule has 1 aromatic rings.